The van der Waals surface area contributed by atoms with E-state index in [0.717, 1.165) is 38.5 Å². The van der Waals surface area contributed by atoms with E-state index in [2.05, 4.69) is 6.92 Å². The molecule has 1 radical (unpaired) electrons. The standard InChI is InChI=1S/C10H19ClF/c1-2-3-7-10(11)8-5-4-6-9-12/h10H,1-9H2. The molecule has 0 aliphatic carbocycles. The first kappa shape index (κ1) is 12.2. The van der Waals surface area contributed by atoms with Crippen LogP contribution in [-0.2, 0) is 0 Å². The van der Waals surface area contributed by atoms with Crippen LogP contribution in [0.2, 0.25) is 0 Å². The van der Waals surface area contributed by atoms with Gasteiger partial charge in [0.25, 0.3) is 0 Å². The van der Waals surface area contributed by atoms with Gasteiger partial charge in [0.2, 0.25) is 0 Å². The minimum atomic E-state index is -0.189. The van der Waals surface area contributed by atoms with E-state index in [0.29, 0.717) is 6.42 Å². The molecular weight excluding hydrogens is 175 g/mol. The average Bonchev–Trinajstić information content (AvgIpc) is 2.09. The molecule has 0 heterocycles. The van der Waals surface area contributed by atoms with E-state index in [-0.39, 0.29) is 12.1 Å². The molecule has 0 spiro atoms. The normalized spacial score (nSPS) is 13.2. The highest BCUT2D eigenvalue weighted by atomic mass is 35.5. The number of unbranched alkanes of at least 4 members (excludes halogenated alkanes) is 3. The van der Waals surface area contributed by atoms with Crippen LogP contribution in [0, 0.1) is 6.92 Å². The number of rotatable bonds is 8. The summed E-state index contributed by atoms with van der Waals surface area (Å²) in [6, 6.07) is 0. The van der Waals surface area contributed by atoms with Gasteiger partial charge in [0.05, 0.1) is 6.67 Å². The molecule has 12 heavy (non-hydrogen) atoms. The maximum absolute atomic E-state index is 11.7. The predicted molar refractivity (Wildman–Crippen MR) is 53.3 cm³/mol. The van der Waals surface area contributed by atoms with Crippen LogP contribution >= 0.6 is 11.6 Å². The lowest BCUT2D eigenvalue weighted by molar-refractivity contribution is 0.450. The Morgan fingerprint density at radius 3 is 2.33 bits per heavy atom. The van der Waals surface area contributed by atoms with Gasteiger partial charge in [-0.1, -0.05) is 32.6 Å². The minimum Gasteiger partial charge on any atom is -0.251 e. The predicted octanol–water partition coefficient (Wildman–Crippen LogP) is 4.13. The molecule has 0 aromatic heterocycles. The van der Waals surface area contributed by atoms with E-state index in [1.165, 1.54) is 0 Å². The van der Waals surface area contributed by atoms with Crippen molar-refractivity contribution < 1.29 is 4.39 Å². The Morgan fingerprint density at radius 2 is 1.75 bits per heavy atom. The van der Waals surface area contributed by atoms with Gasteiger partial charge in [-0.15, -0.1) is 11.6 Å². The van der Waals surface area contributed by atoms with Crippen molar-refractivity contribution in [2.75, 3.05) is 6.67 Å². The monoisotopic (exact) mass is 193 g/mol. The van der Waals surface area contributed by atoms with Crippen molar-refractivity contribution in [2.45, 2.75) is 50.3 Å². The molecule has 0 N–H and O–H groups in total. The zero-order valence-electron chi connectivity index (χ0n) is 7.70. The molecule has 0 rings (SSSR count). The summed E-state index contributed by atoms with van der Waals surface area (Å²) in [7, 11) is 0. The second kappa shape index (κ2) is 9.31. The minimum absolute atomic E-state index is 0.189. The maximum atomic E-state index is 11.7. The van der Waals surface area contributed by atoms with Crippen LogP contribution in [0.4, 0.5) is 4.39 Å². The van der Waals surface area contributed by atoms with Gasteiger partial charge in [0.1, 0.15) is 0 Å². The largest absolute Gasteiger partial charge is 0.251 e. The van der Waals surface area contributed by atoms with Crippen molar-refractivity contribution in [3.05, 3.63) is 6.92 Å². The van der Waals surface area contributed by atoms with Gasteiger partial charge >= 0.3 is 0 Å². The van der Waals surface area contributed by atoms with E-state index in [9.17, 15) is 4.39 Å². The van der Waals surface area contributed by atoms with Crippen LogP contribution < -0.4 is 0 Å². The van der Waals surface area contributed by atoms with E-state index in [1.54, 1.807) is 0 Å². The highest BCUT2D eigenvalue weighted by molar-refractivity contribution is 6.20. The highest BCUT2D eigenvalue weighted by Crippen LogP contribution is 2.15. The smallest absolute Gasteiger partial charge is 0.0894 e. The van der Waals surface area contributed by atoms with Crippen molar-refractivity contribution in [2.24, 2.45) is 0 Å². The van der Waals surface area contributed by atoms with Gasteiger partial charge < -0.3 is 0 Å². The summed E-state index contributed by atoms with van der Waals surface area (Å²) in [5, 5.41) is 0.284. The SMILES string of the molecule is [CH2]CCCC(Cl)CCCCCF. The molecule has 73 valence electrons. The molecule has 0 saturated heterocycles. The number of alkyl halides is 2. The Labute approximate surface area is 80.5 Å². The van der Waals surface area contributed by atoms with Gasteiger partial charge in [-0.25, -0.2) is 0 Å². The number of hydrogen-bond acceptors (Lipinski definition) is 0. The Bertz CT molecular complexity index is 85.9. The lowest BCUT2D eigenvalue weighted by Crippen LogP contribution is -1.98. The van der Waals surface area contributed by atoms with Gasteiger partial charge in [-0.2, -0.15) is 0 Å². The summed E-state index contributed by atoms with van der Waals surface area (Å²) in [6.45, 7) is 3.57. The summed E-state index contributed by atoms with van der Waals surface area (Å²) in [5.41, 5.74) is 0. The zero-order valence-corrected chi connectivity index (χ0v) is 8.45. The van der Waals surface area contributed by atoms with E-state index in [1.807, 2.05) is 0 Å². The van der Waals surface area contributed by atoms with Crippen LogP contribution in [0.1, 0.15) is 44.9 Å². The number of halogens is 2. The molecule has 0 nitrogen and oxygen atoms in total. The molecule has 1 unspecified atom stereocenters. The Morgan fingerprint density at radius 1 is 1.08 bits per heavy atom. The van der Waals surface area contributed by atoms with Crippen molar-refractivity contribution in [1.29, 1.82) is 0 Å². The summed E-state index contributed by atoms with van der Waals surface area (Å²) < 4.78 is 11.7. The van der Waals surface area contributed by atoms with Gasteiger partial charge in [-0.05, 0) is 19.3 Å². The third-order valence-electron chi connectivity index (χ3n) is 1.92. The molecule has 0 fully saturated rings. The van der Waals surface area contributed by atoms with Crippen molar-refractivity contribution in [3.8, 4) is 0 Å². The van der Waals surface area contributed by atoms with Gasteiger partial charge in [-0.3, -0.25) is 4.39 Å². The first-order valence-electron chi connectivity index (χ1n) is 4.80. The summed E-state index contributed by atoms with van der Waals surface area (Å²) in [4.78, 5) is 0. The highest BCUT2D eigenvalue weighted by Gasteiger charge is 2.02. The number of hydrogen-bond donors (Lipinski definition) is 0. The summed E-state index contributed by atoms with van der Waals surface area (Å²) in [6.07, 6.45) is 6.89. The molecule has 0 aliphatic heterocycles. The van der Waals surface area contributed by atoms with Crippen LogP contribution in [-0.4, -0.2) is 12.1 Å². The Hall–Kier alpha value is 0.220. The van der Waals surface area contributed by atoms with Gasteiger partial charge in [0.15, 0.2) is 0 Å². The van der Waals surface area contributed by atoms with Crippen molar-refractivity contribution in [1.82, 2.24) is 0 Å². The summed E-state index contributed by atoms with van der Waals surface area (Å²) in [5.74, 6) is 0. The molecule has 0 aromatic carbocycles. The molecule has 0 bridgehead atoms. The first-order chi connectivity index (χ1) is 5.81. The summed E-state index contributed by atoms with van der Waals surface area (Å²) >= 11 is 6.02. The molecule has 1 atom stereocenters. The Kier molecular flexibility index (Phi) is 9.48. The average molecular weight is 194 g/mol. The molecule has 2 heteroatoms. The van der Waals surface area contributed by atoms with E-state index >= 15 is 0 Å². The molecule has 0 amide bonds. The van der Waals surface area contributed by atoms with Crippen molar-refractivity contribution in [3.63, 3.8) is 0 Å². The lowest BCUT2D eigenvalue weighted by atomic mass is 10.1. The fourth-order valence-corrected chi connectivity index (χ4v) is 1.46. The van der Waals surface area contributed by atoms with E-state index in [4.69, 9.17) is 11.6 Å². The molecule has 0 aromatic rings. The zero-order chi connectivity index (χ0) is 9.23. The third kappa shape index (κ3) is 8.32. The Balaban J connectivity index is 3.02. The second-order valence-electron chi connectivity index (χ2n) is 3.13. The first-order valence-corrected chi connectivity index (χ1v) is 5.24. The fraction of sp³-hybridized carbons (Fsp3) is 0.900. The van der Waals surface area contributed by atoms with Gasteiger partial charge in [0, 0.05) is 5.38 Å². The molecular formula is C10H19ClF. The quantitative estimate of drug-likeness (QED) is 0.402. The lowest BCUT2D eigenvalue weighted by Gasteiger charge is -2.07. The second-order valence-corrected chi connectivity index (χ2v) is 3.75. The van der Waals surface area contributed by atoms with Crippen LogP contribution in [0.3, 0.4) is 0 Å². The van der Waals surface area contributed by atoms with Crippen LogP contribution in [0.25, 0.3) is 0 Å². The van der Waals surface area contributed by atoms with Crippen LogP contribution in [0.5, 0.6) is 0 Å². The maximum Gasteiger partial charge on any atom is 0.0894 e. The molecule has 0 aliphatic rings. The third-order valence-corrected chi connectivity index (χ3v) is 2.35. The topological polar surface area (TPSA) is 0 Å². The van der Waals surface area contributed by atoms with E-state index < -0.39 is 0 Å². The van der Waals surface area contributed by atoms with Crippen molar-refractivity contribution >= 4 is 11.6 Å². The fourth-order valence-electron chi connectivity index (χ4n) is 1.15. The van der Waals surface area contributed by atoms with Crippen LogP contribution in [0.15, 0.2) is 0 Å². The molecule has 0 saturated carbocycles.